The van der Waals surface area contributed by atoms with Crippen molar-refractivity contribution >= 4 is 5.78 Å². The van der Waals surface area contributed by atoms with E-state index in [4.69, 9.17) is 9.47 Å². The Kier molecular flexibility index (Phi) is 3.19. The second-order valence-electron chi connectivity index (χ2n) is 6.05. The normalized spacial score (nSPS) is 27.5. The van der Waals surface area contributed by atoms with E-state index in [2.05, 4.69) is 6.92 Å². The summed E-state index contributed by atoms with van der Waals surface area (Å²) in [5, 5.41) is 10.6. The number of allylic oxidation sites excluding steroid dienone is 2. The second kappa shape index (κ2) is 4.79. The molecule has 0 spiro atoms. The van der Waals surface area contributed by atoms with Crippen LogP contribution in [-0.4, -0.2) is 25.1 Å². The first-order valence-electron chi connectivity index (χ1n) is 7.19. The van der Waals surface area contributed by atoms with E-state index in [9.17, 15) is 9.90 Å². The van der Waals surface area contributed by atoms with E-state index in [-0.39, 0.29) is 17.5 Å². The summed E-state index contributed by atoms with van der Waals surface area (Å²) in [7, 11) is 3.07. The van der Waals surface area contributed by atoms with Gasteiger partial charge in [0.15, 0.2) is 23.0 Å². The van der Waals surface area contributed by atoms with E-state index in [1.54, 1.807) is 13.2 Å². The molecule has 2 atom stereocenters. The minimum atomic E-state index is -0.398. The number of carbonyl (C=O) groups excluding carboxylic acids is 1. The molecule has 1 N–H and O–H groups in total. The number of hydrogen-bond acceptors (Lipinski definition) is 4. The fraction of sp³-hybridized carbons (Fsp3) is 0.471. The van der Waals surface area contributed by atoms with Gasteiger partial charge in [0.25, 0.3) is 0 Å². The van der Waals surface area contributed by atoms with E-state index in [1.165, 1.54) is 7.11 Å². The highest BCUT2D eigenvalue weighted by Crippen LogP contribution is 2.52. The lowest BCUT2D eigenvalue weighted by Crippen LogP contribution is -2.41. The van der Waals surface area contributed by atoms with Crippen LogP contribution in [0, 0.1) is 5.92 Å². The molecular formula is C17H20O4. The molecule has 0 radical (unpaired) electrons. The lowest BCUT2D eigenvalue weighted by atomic mass is 9.59. The number of phenols is 1. The lowest BCUT2D eigenvalue weighted by Gasteiger charge is -2.44. The highest BCUT2D eigenvalue weighted by molar-refractivity contribution is 5.96. The molecule has 4 nitrogen and oxygen atoms in total. The maximum absolute atomic E-state index is 12.3. The van der Waals surface area contributed by atoms with Crippen LogP contribution in [0.25, 0.3) is 0 Å². The highest BCUT2D eigenvalue weighted by Gasteiger charge is 2.47. The van der Waals surface area contributed by atoms with Crippen molar-refractivity contribution in [2.24, 2.45) is 5.92 Å². The molecule has 0 saturated heterocycles. The molecule has 0 amide bonds. The largest absolute Gasteiger partial charge is 0.504 e. The number of carbonyl (C=O) groups is 1. The topological polar surface area (TPSA) is 55.8 Å². The summed E-state index contributed by atoms with van der Waals surface area (Å²) in [6.07, 6.45) is 4.11. The molecule has 2 aliphatic carbocycles. The van der Waals surface area contributed by atoms with Gasteiger partial charge in [-0.2, -0.15) is 0 Å². The standard InChI is InChI=1S/C17H20O4/c1-17-9-12(18)14(21-3)8-11(17)6-4-10-5-7-13(20-2)16(19)15(10)17/h5,7-8,11,19H,4,6,9H2,1-3H3/t11?,17-/m1/s1. The van der Waals surface area contributed by atoms with Crippen molar-refractivity contribution in [3.63, 3.8) is 0 Å². The highest BCUT2D eigenvalue weighted by atomic mass is 16.5. The van der Waals surface area contributed by atoms with Gasteiger partial charge in [0.1, 0.15) is 0 Å². The van der Waals surface area contributed by atoms with Crippen molar-refractivity contribution in [1.82, 2.24) is 0 Å². The third kappa shape index (κ3) is 1.93. The molecule has 0 aliphatic heterocycles. The minimum absolute atomic E-state index is 0.00804. The Morgan fingerprint density at radius 3 is 2.71 bits per heavy atom. The van der Waals surface area contributed by atoms with E-state index < -0.39 is 5.41 Å². The molecule has 3 rings (SSSR count). The van der Waals surface area contributed by atoms with Crippen LogP contribution in [0.3, 0.4) is 0 Å². The molecule has 4 heteroatoms. The Labute approximate surface area is 124 Å². The number of phenolic OH excluding ortho intramolecular Hbond substituents is 1. The fourth-order valence-corrected chi connectivity index (χ4v) is 3.80. The summed E-state index contributed by atoms with van der Waals surface area (Å²) in [6.45, 7) is 2.05. The summed E-state index contributed by atoms with van der Waals surface area (Å²) in [6, 6.07) is 3.79. The molecule has 1 aromatic rings. The zero-order valence-corrected chi connectivity index (χ0v) is 12.6. The zero-order chi connectivity index (χ0) is 15.2. The van der Waals surface area contributed by atoms with Gasteiger partial charge in [-0.25, -0.2) is 0 Å². The van der Waals surface area contributed by atoms with Gasteiger partial charge < -0.3 is 14.6 Å². The Hall–Kier alpha value is -1.97. The smallest absolute Gasteiger partial charge is 0.197 e. The number of aryl methyl sites for hydroxylation is 1. The first kappa shape index (κ1) is 14.0. The van der Waals surface area contributed by atoms with Crippen LogP contribution in [-0.2, 0) is 21.4 Å². The first-order valence-corrected chi connectivity index (χ1v) is 7.19. The van der Waals surface area contributed by atoms with Crippen LogP contribution >= 0.6 is 0 Å². The van der Waals surface area contributed by atoms with Crippen molar-refractivity contribution in [2.75, 3.05) is 14.2 Å². The number of Topliss-reactive ketones (excluding diaryl/α,β-unsaturated/α-hetero) is 1. The second-order valence-corrected chi connectivity index (χ2v) is 6.05. The van der Waals surface area contributed by atoms with Gasteiger partial charge in [0, 0.05) is 17.4 Å². The molecule has 0 fully saturated rings. The van der Waals surface area contributed by atoms with Crippen molar-refractivity contribution in [1.29, 1.82) is 0 Å². The van der Waals surface area contributed by atoms with Crippen molar-refractivity contribution in [3.8, 4) is 11.5 Å². The summed E-state index contributed by atoms with van der Waals surface area (Å²) < 4.78 is 10.4. The van der Waals surface area contributed by atoms with Gasteiger partial charge in [-0.1, -0.05) is 13.0 Å². The number of benzene rings is 1. The molecule has 1 unspecified atom stereocenters. The van der Waals surface area contributed by atoms with E-state index >= 15 is 0 Å². The Balaban J connectivity index is 2.18. The van der Waals surface area contributed by atoms with Crippen LogP contribution < -0.4 is 4.74 Å². The average Bonchev–Trinajstić information content (AvgIpc) is 2.46. The molecule has 0 heterocycles. The Bertz CT molecular complexity index is 632. The number of ketones is 1. The quantitative estimate of drug-likeness (QED) is 0.909. The summed E-state index contributed by atoms with van der Waals surface area (Å²) >= 11 is 0. The number of rotatable bonds is 2. The number of fused-ring (bicyclic) bond motifs is 3. The summed E-state index contributed by atoms with van der Waals surface area (Å²) in [5.74, 6) is 1.26. The molecular weight excluding hydrogens is 268 g/mol. The zero-order valence-electron chi connectivity index (χ0n) is 12.6. The van der Waals surface area contributed by atoms with Crippen molar-refractivity contribution in [2.45, 2.75) is 31.6 Å². The maximum atomic E-state index is 12.3. The van der Waals surface area contributed by atoms with Crippen LogP contribution in [0.4, 0.5) is 0 Å². The predicted octanol–water partition coefficient (Wildman–Crippen LogP) is 2.72. The van der Waals surface area contributed by atoms with Crippen LogP contribution in [0.1, 0.15) is 30.9 Å². The number of hydrogen-bond donors (Lipinski definition) is 1. The Morgan fingerprint density at radius 2 is 2.05 bits per heavy atom. The third-order valence-electron chi connectivity index (χ3n) is 4.94. The van der Waals surface area contributed by atoms with Gasteiger partial charge in [0.2, 0.25) is 0 Å². The molecule has 21 heavy (non-hydrogen) atoms. The van der Waals surface area contributed by atoms with Crippen LogP contribution in [0.2, 0.25) is 0 Å². The molecule has 112 valence electrons. The first-order chi connectivity index (χ1) is 10.0. The molecule has 0 aromatic heterocycles. The molecule has 1 aromatic carbocycles. The van der Waals surface area contributed by atoms with Crippen LogP contribution in [0.15, 0.2) is 24.0 Å². The van der Waals surface area contributed by atoms with Crippen molar-refractivity contribution < 1.29 is 19.4 Å². The molecule has 0 bridgehead atoms. The molecule has 0 saturated carbocycles. The van der Waals surface area contributed by atoms with Gasteiger partial charge in [-0.05, 0) is 36.5 Å². The van der Waals surface area contributed by atoms with Gasteiger partial charge >= 0.3 is 0 Å². The average molecular weight is 288 g/mol. The van der Waals surface area contributed by atoms with Crippen molar-refractivity contribution in [3.05, 3.63) is 35.1 Å². The number of methoxy groups -OCH3 is 2. The molecule has 2 aliphatic rings. The third-order valence-corrected chi connectivity index (χ3v) is 4.94. The Morgan fingerprint density at radius 1 is 1.29 bits per heavy atom. The van der Waals surface area contributed by atoms with E-state index in [0.29, 0.717) is 17.9 Å². The van der Waals surface area contributed by atoms with Gasteiger partial charge in [-0.3, -0.25) is 4.79 Å². The number of ether oxygens (including phenoxy) is 2. The minimum Gasteiger partial charge on any atom is -0.504 e. The summed E-state index contributed by atoms with van der Waals surface area (Å²) in [4.78, 5) is 12.3. The lowest BCUT2D eigenvalue weighted by molar-refractivity contribution is -0.121. The van der Waals surface area contributed by atoms with E-state index in [0.717, 1.165) is 24.0 Å². The monoisotopic (exact) mass is 288 g/mol. The SMILES string of the molecule is COC1=CC2CCc3ccc(OC)c(O)c3[C@]2(C)CC1=O. The van der Waals surface area contributed by atoms with E-state index in [1.807, 2.05) is 12.1 Å². The fourth-order valence-electron chi connectivity index (χ4n) is 3.80. The van der Waals surface area contributed by atoms with Crippen LogP contribution in [0.5, 0.6) is 11.5 Å². The predicted molar refractivity (Wildman–Crippen MR) is 78.5 cm³/mol. The number of aromatic hydroxyl groups is 1. The maximum Gasteiger partial charge on any atom is 0.197 e. The van der Waals surface area contributed by atoms with Gasteiger partial charge in [-0.15, -0.1) is 0 Å². The summed E-state index contributed by atoms with van der Waals surface area (Å²) in [5.41, 5.74) is 1.57. The van der Waals surface area contributed by atoms with Gasteiger partial charge in [0.05, 0.1) is 14.2 Å².